The lowest BCUT2D eigenvalue weighted by atomic mass is 9.87. The van der Waals surface area contributed by atoms with Gasteiger partial charge < -0.3 is 0 Å². The molecule has 9 aromatic rings. The molecule has 0 saturated carbocycles. The van der Waals surface area contributed by atoms with E-state index in [1.54, 1.807) is 0 Å². The van der Waals surface area contributed by atoms with Crippen molar-refractivity contribution in [1.29, 1.82) is 0 Å². The van der Waals surface area contributed by atoms with E-state index in [2.05, 4.69) is 108 Å². The number of benzene rings is 6. The summed E-state index contributed by atoms with van der Waals surface area (Å²) in [6, 6.07) is 44.1. The molecule has 0 fully saturated rings. The highest BCUT2D eigenvalue weighted by Crippen LogP contribution is 2.44. The predicted molar refractivity (Wildman–Crippen MR) is 169 cm³/mol. The minimum Gasteiger partial charge on any atom is -0.256 e. The molecule has 0 bridgehead atoms. The second-order valence-electron chi connectivity index (χ2n) is 10.6. The minimum atomic E-state index is 0.931. The highest BCUT2D eigenvalue weighted by molar-refractivity contribution is 6.37. The first kappa shape index (κ1) is 21.6. The first-order chi connectivity index (χ1) is 19.8. The molecule has 0 radical (unpaired) electrons. The fourth-order valence-electron chi connectivity index (χ4n) is 6.68. The Morgan fingerprint density at radius 3 is 1.50 bits per heavy atom. The molecule has 0 amide bonds. The summed E-state index contributed by atoms with van der Waals surface area (Å²) in [4.78, 5) is 9.40. The third-order valence-corrected chi connectivity index (χ3v) is 8.44. The zero-order valence-corrected chi connectivity index (χ0v) is 21.6. The van der Waals surface area contributed by atoms with Gasteiger partial charge in [0.05, 0.1) is 11.4 Å². The van der Waals surface area contributed by atoms with E-state index in [0.29, 0.717) is 0 Å². The minimum absolute atomic E-state index is 0.931. The maximum absolute atomic E-state index is 4.91. The summed E-state index contributed by atoms with van der Waals surface area (Å²) in [6.07, 6.45) is 3.75. The van der Waals surface area contributed by atoms with Crippen LogP contribution in [0.3, 0.4) is 0 Å². The Balaban J connectivity index is 1.46. The van der Waals surface area contributed by atoms with Gasteiger partial charge in [-0.15, -0.1) is 0 Å². The van der Waals surface area contributed by atoms with Crippen LogP contribution >= 0.6 is 0 Å². The Morgan fingerprint density at radius 1 is 0.350 bits per heavy atom. The normalized spacial score (nSPS) is 12.0. The van der Waals surface area contributed by atoms with E-state index < -0.39 is 0 Å². The van der Waals surface area contributed by atoms with Crippen molar-refractivity contribution in [3.05, 3.63) is 134 Å². The maximum Gasteiger partial charge on any atom is 0.0717 e. The monoisotopic (exact) mass is 506 g/mol. The molecule has 2 nitrogen and oxygen atoms in total. The largest absolute Gasteiger partial charge is 0.256 e. The van der Waals surface area contributed by atoms with Crippen LogP contribution in [-0.2, 0) is 0 Å². The number of nitrogens with zero attached hydrogens (tertiary/aromatic N) is 2. The van der Waals surface area contributed by atoms with Crippen LogP contribution in [0, 0.1) is 0 Å². The molecule has 184 valence electrons. The van der Waals surface area contributed by atoms with Crippen LogP contribution in [0.25, 0.3) is 87.1 Å². The lowest BCUT2D eigenvalue weighted by Gasteiger charge is -2.17. The lowest BCUT2D eigenvalue weighted by Crippen LogP contribution is -1.90. The van der Waals surface area contributed by atoms with E-state index >= 15 is 0 Å². The quantitative estimate of drug-likeness (QED) is 0.218. The van der Waals surface area contributed by atoms with Gasteiger partial charge in [-0.3, -0.25) is 9.97 Å². The number of hydrogen-bond acceptors (Lipinski definition) is 2. The third kappa shape index (κ3) is 2.99. The molecule has 2 heteroatoms. The van der Waals surface area contributed by atoms with E-state index in [-0.39, 0.29) is 0 Å². The maximum atomic E-state index is 4.91. The highest BCUT2D eigenvalue weighted by atomic mass is 14.7. The molecule has 2 aromatic heterocycles. The van der Waals surface area contributed by atoms with Crippen LogP contribution in [0.1, 0.15) is 0 Å². The van der Waals surface area contributed by atoms with Gasteiger partial charge in [0.2, 0.25) is 0 Å². The Labute approximate surface area is 230 Å². The summed E-state index contributed by atoms with van der Waals surface area (Å²) in [7, 11) is 0. The first-order valence-corrected chi connectivity index (χ1v) is 13.7. The molecule has 0 unspecified atom stereocenters. The summed E-state index contributed by atoms with van der Waals surface area (Å²) >= 11 is 0. The summed E-state index contributed by atoms with van der Waals surface area (Å²) in [6.45, 7) is 0. The van der Waals surface area contributed by atoms with Crippen molar-refractivity contribution in [1.82, 2.24) is 9.97 Å². The second-order valence-corrected chi connectivity index (χ2v) is 10.6. The molecule has 0 aliphatic carbocycles. The molecule has 0 aliphatic rings. The van der Waals surface area contributed by atoms with Crippen LogP contribution < -0.4 is 0 Å². The van der Waals surface area contributed by atoms with Gasteiger partial charge in [-0.25, -0.2) is 0 Å². The number of hydrogen-bond donors (Lipinski definition) is 0. The van der Waals surface area contributed by atoms with Crippen LogP contribution in [0.5, 0.6) is 0 Å². The van der Waals surface area contributed by atoms with Gasteiger partial charge in [0.15, 0.2) is 0 Å². The Morgan fingerprint density at radius 2 is 0.925 bits per heavy atom. The average Bonchev–Trinajstić information content (AvgIpc) is 3.03. The van der Waals surface area contributed by atoms with Crippen molar-refractivity contribution in [3.8, 4) is 22.5 Å². The van der Waals surface area contributed by atoms with Gasteiger partial charge in [-0.2, -0.15) is 0 Å². The van der Waals surface area contributed by atoms with Crippen molar-refractivity contribution in [2.24, 2.45) is 0 Å². The number of rotatable bonds is 2. The second kappa shape index (κ2) is 8.08. The topological polar surface area (TPSA) is 25.8 Å². The SMILES string of the molecule is c1ccc(-c2ccc(-c3cc4ccc5cccc6c7cccc8ccc9cccc(c(c3)c4c56)c9c87)nc2)nc1. The van der Waals surface area contributed by atoms with Crippen LogP contribution in [0.4, 0.5) is 0 Å². The van der Waals surface area contributed by atoms with Crippen molar-refractivity contribution in [3.63, 3.8) is 0 Å². The van der Waals surface area contributed by atoms with Gasteiger partial charge in [-0.1, -0.05) is 84.9 Å². The fraction of sp³-hybridized carbons (Fsp3) is 0. The van der Waals surface area contributed by atoms with E-state index in [4.69, 9.17) is 4.98 Å². The van der Waals surface area contributed by atoms with Gasteiger partial charge in [0.25, 0.3) is 0 Å². The van der Waals surface area contributed by atoms with E-state index in [0.717, 1.165) is 22.5 Å². The predicted octanol–water partition coefficient (Wildman–Crippen LogP) is 10.2. The molecule has 9 rings (SSSR count). The third-order valence-electron chi connectivity index (χ3n) is 8.44. The number of fused-ring (bicyclic) bond motifs is 2. The van der Waals surface area contributed by atoms with Gasteiger partial charge in [-0.05, 0) is 101 Å². The van der Waals surface area contributed by atoms with Crippen molar-refractivity contribution in [2.75, 3.05) is 0 Å². The molecule has 40 heavy (non-hydrogen) atoms. The van der Waals surface area contributed by atoms with Crippen molar-refractivity contribution < 1.29 is 0 Å². The standard InChI is InChI=1S/C38H22N2/c1-2-19-39-33(12-1)27-17-18-34(40-22-27)28-20-26-16-15-25-7-4-10-30-29-9-3-6-23-13-14-24-8-5-11-31(37(24)35(23)29)32(21-28)38(26)36(25)30/h1-22H. The summed E-state index contributed by atoms with van der Waals surface area (Å²) in [5, 5.41) is 15.4. The Kier molecular flexibility index (Phi) is 4.36. The average molecular weight is 507 g/mol. The van der Waals surface area contributed by atoms with Crippen molar-refractivity contribution >= 4 is 64.6 Å². The van der Waals surface area contributed by atoms with E-state index in [1.165, 1.54) is 64.6 Å². The zero-order chi connectivity index (χ0) is 26.2. The summed E-state index contributed by atoms with van der Waals surface area (Å²) < 4.78 is 0. The summed E-state index contributed by atoms with van der Waals surface area (Å²) in [5.74, 6) is 0. The molecular weight excluding hydrogens is 484 g/mol. The Bertz CT molecular complexity index is 2400. The lowest BCUT2D eigenvalue weighted by molar-refractivity contribution is 1.28. The molecule has 0 atom stereocenters. The molecule has 0 aliphatic heterocycles. The molecule has 0 spiro atoms. The molecule has 7 aromatic carbocycles. The zero-order valence-electron chi connectivity index (χ0n) is 21.6. The molecule has 2 heterocycles. The Hall–Kier alpha value is -5.34. The molecular formula is C38H22N2. The van der Waals surface area contributed by atoms with Crippen LogP contribution in [0.15, 0.2) is 134 Å². The first-order valence-electron chi connectivity index (χ1n) is 13.7. The van der Waals surface area contributed by atoms with Crippen LogP contribution in [0.2, 0.25) is 0 Å². The number of aromatic nitrogens is 2. The highest BCUT2D eigenvalue weighted by Gasteiger charge is 2.16. The fourth-order valence-corrected chi connectivity index (χ4v) is 6.68. The molecule has 0 saturated heterocycles. The van der Waals surface area contributed by atoms with Crippen LogP contribution in [-0.4, -0.2) is 9.97 Å². The molecule has 0 N–H and O–H groups in total. The van der Waals surface area contributed by atoms with E-state index in [1.807, 2.05) is 30.6 Å². The number of pyridine rings is 2. The summed E-state index contributed by atoms with van der Waals surface area (Å²) in [5.41, 5.74) is 4.02. The van der Waals surface area contributed by atoms with E-state index in [9.17, 15) is 0 Å². The van der Waals surface area contributed by atoms with Crippen molar-refractivity contribution in [2.45, 2.75) is 0 Å². The van der Waals surface area contributed by atoms with Gasteiger partial charge in [0, 0.05) is 23.5 Å². The van der Waals surface area contributed by atoms with Gasteiger partial charge in [0.1, 0.15) is 0 Å². The smallest absolute Gasteiger partial charge is 0.0717 e. The van der Waals surface area contributed by atoms with Gasteiger partial charge >= 0.3 is 0 Å².